The minimum Gasteiger partial charge on any atom is -0.493 e. The number of thioether (sulfide) groups is 1. The number of amides is 3. The van der Waals surface area contributed by atoms with E-state index in [1.54, 1.807) is 79.7 Å². The Morgan fingerprint density at radius 3 is 2.38 bits per heavy atom. The molecule has 9 nitrogen and oxygen atoms in total. The molecule has 42 heavy (non-hydrogen) atoms. The van der Waals surface area contributed by atoms with Crippen molar-refractivity contribution in [3.63, 3.8) is 0 Å². The Kier molecular flexibility index (Phi) is 10.4. The van der Waals surface area contributed by atoms with Crippen LogP contribution in [0.4, 0.5) is 10.8 Å². The third-order valence-corrected chi connectivity index (χ3v) is 7.84. The molecule has 216 valence electrons. The van der Waals surface area contributed by atoms with Crippen molar-refractivity contribution >= 4 is 57.7 Å². The monoisotopic (exact) mass is 602 g/mol. The zero-order valence-corrected chi connectivity index (χ0v) is 25.1. The van der Waals surface area contributed by atoms with Gasteiger partial charge in [0.25, 0.3) is 11.8 Å². The molecular formula is C31H30N4O5S2. The number of carbonyl (C=O) groups is 3. The number of nitrogens with one attached hydrogen (secondary N) is 3. The van der Waals surface area contributed by atoms with Crippen LogP contribution in [0.3, 0.4) is 0 Å². The standard InChI is InChI=1S/C31H30N4O5S2/c1-19-18-41-31(32-19)35-28(36)20(2)42-24-12-8-11-23(17-24)33-30(38)25(34-29(37)22-9-6-5-7-10-22)15-21-13-14-26(39-3)27(16-21)40-4/h5-18,20H,1-4H3,(H,33,38)(H,34,37)(H,32,35,36)/b25-15+. The number of thiazole rings is 1. The highest BCUT2D eigenvalue weighted by Crippen LogP contribution is 2.29. The van der Waals surface area contributed by atoms with Crippen molar-refractivity contribution in [2.24, 2.45) is 0 Å². The lowest BCUT2D eigenvalue weighted by Gasteiger charge is -2.14. The maximum absolute atomic E-state index is 13.5. The number of aromatic nitrogens is 1. The molecule has 3 aromatic carbocycles. The Bertz CT molecular complexity index is 1600. The van der Waals surface area contributed by atoms with E-state index in [1.807, 2.05) is 18.4 Å². The fourth-order valence-corrected chi connectivity index (χ4v) is 5.39. The van der Waals surface area contributed by atoms with Gasteiger partial charge in [0.2, 0.25) is 5.91 Å². The summed E-state index contributed by atoms with van der Waals surface area (Å²) in [6.07, 6.45) is 1.56. The Balaban J connectivity index is 1.52. The van der Waals surface area contributed by atoms with Crippen molar-refractivity contribution in [2.75, 3.05) is 24.9 Å². The molecule has 1 heterocycles. The predicted octanol–water partition coefficient (Wildman–Crippen LogP) is 6.00. The van der Waals surface area contributed by atoms with E-state index in [0.29, 0.717) is 33.4 Å². The van der Waals surface area contributed by atoms with E-state index in [1.165, 1.54) is 37.3 Å². The van der Waals surface area contributed by atoms with Crippen molar-refractivity contribution < 1.29 is 23.9 Å². The molecule has 4 aromatic rings. The van der Waals surface area contributed by atoms with Crippen molar-refractivity contribution in [1.29, 1.82) is 0 Å². The van der Waals surface area contributed by atoms with Gasteiger partial charge in [-0.1, -0.05) is 30.3 Å². The molecule has 3 amide bonds. The van der Waals surface area contributed by atoms with E-state index in [0.717, 1.165) is 10.6 Å². The minimum atomic E-state index is -0.527. The average molecular weight is 603 g/mol. The van der Waals surface area contributed by atoms with Crippen LogP contribution in [0.2, 0.25) is 0 Å². The molecule has 0 saturated heterocycles. The zero-order chi connectivity index (χ0) is 30.1. The summed E-state index contributed by atoms with van der Waals surface area (Å²) in [4.78, 5) is 44.2. The maximum atomic E-state index is 13.5. The molecule has 4 rings (SSSR count). The van der Waals surface area contributed by atoms with Gasteiger partial charge < -0.3 is 25.4 Å². The van der Waals surface area contributed by atoms with Crippen LogP contribution >= 0.6 is 23.1 Å². The molecule has 1 aromatic heterocycles. The highest BCUT2D eigenvalue weighted by Gasteiger charge is 2.18. The second-order valence-corrected chi connectivity index (χ2v) is 11.3. The minimum absolute atomic E-state index is 0.0283. The van der Waals surface area contributed by atoms with Crippen LogP contribution in [0.15, 0.2) is 88.8 Å². The molecule has 1 unspecified atom stereocenters. The lowest BCUT2D eigenvalue weighted by atomic mass is 10.1. The first-order chi connectivity index (χ1) is 20.2. The molecule has 0 spiro atoms. The first kappa shape index (κ1) is 30.4. The SMILES string of the molecule is COc1ccc(/C=C(/NC(=O)c2ccccc2)C(=O)Nc2cccc(SC(C)C(=O)Nc3nc(C)cs3)c2)cc1OC. The molecule has 0 aliphatic rings. The number of rotatable bonds is 11. The van der Waals surface area contributed by atoms with E-state index in [4.69, 9.17) is 9.47 Å². The molecule has 0 bridgehead atoms. The van der Waals surface area contributed by atoms with Gasteiger partial charge in [-0.2, -0.15) is 0 Å². The second kappa shape index (κ2) is 14.3. The van der Waals surface area contributed by atoms with Crippen molar-refractivity contribution in [1.82, 2.24) is 10.3 Å². The summed E-state index contributed by atoms with van der Waals surface area (Å²) in [6.45, 7) is 3.67. The highest BCUT2D eigenvalue weighted by molar-refractivity contribution is 8.00. The summed E-state index contributed by atoms with van der Waals surface area (Å²) in [5, 5.41) is 10.4. The number of benzene rings is 3. The quantitative estimate of drug-likeness (QED) is 0.142. The van der Waals surface area contributed by atoms with Crippen LogP contribution in [-0.4, -0.2) is 42.2 Å². The lowest BCUT2D eigenvalue weighted by Crippen LogP contribution is -2.30. The van der Waals surface area contributed by atoms with Crippen LogP contribution in [0.5, 0.6) is 11.5 Å². The molecule has 0 fully saturated rings. The number of anilines is 2. The summed E-state index contributed by atoms with van der Waals surface area (Å²) in [7, 11) is 3.05. The molecule has 3 N–H and O–H groups in total. The molecule has 0 aliphatic heterocycles. The number of aryl methyl sites for hydroxylation is 1. The van der Waals surface area contributed by atoms with Crippen LogP contribution in [0.1, 0.15) is 28.5 Å². The number of hydrogen-bond acceptors (Lipinski definition) is 8. The van der Waals surface area contributed by atoms with Gasteiger partial charge in [-0.05, 0) is 68.0 Å². The summed E-state index contributed by atoms with van der Waals surface area (Å²) >= 11 is 2.72. The molecule has 0 radical (unpaired) electrons. The van der Waals surface area contributed by atoms with Gasteiger partial charge in [0.1, 0.15) is 5.70 Å². The van der Waals surface area contributed by atoms with E-state index in [-0.39, 0.29) is 11.6 Å². The number of methoxy groups -OCH3 is 2. The number of nitrogens with zero attached hydrogens (tertiary/aromatic N) is 1. The molecule has 1 atom stereocenters. The third kappa shape index (κ3) is 8.21. The van der Waals surface area contributed by atoms with E-state index >= 15 is 0 Å². The first-order valence-corrected chi connectivity index (χ1v) is 14.6. The largest absolute Gasteiger partial charge is 0.493 e. The summed E-state index contributed by atoms with van der Waals surface area (Å²) in [5.74, 6) is -0.119. The van der Waals surface area contributed by atoms with Crippen LogP contribution in [-0.2, 0) is 9.59 Å². The van der Waals surface area contributed by atoms with Gasteiger partial charge in [0, 0.05) is 21.5 Å². The van der Waals surface area contributed by atoms with Crippen LogP contribution in [0, 0.1) is 6.92 Å². The van der Waals surface area contributed by atoms with Crippen molar-refractivity contribution in [3.05, 3.63) is 101 Å². The van der Waals surface area contributed by atoms with Gasteiger partial charge in [0.15, 0.2) is 16.6 Å². The Morgan fingerprint density at radius 1 is 0.929 bits per heavy atom. The Labute approximate surface area is 252 Å². The van der Waals surface area contributed by atoms with Crippen LogP contribution in [0.25, 0.3) is 6.08 Å². The summed E-state index contributed by atoms with van der Waals surface area (Å²) in [6, 6.07) is 20.9. The van der Waals surface area contributed by atoms with Gasteiger partial charge >= 0.3 is 0 Å². The van der Waals surface area contributed by atoms with Crippen molar-refractivity contribution in [3.8, 4) is 11.5 Å². The first-order valence-electron chi connectivity index (χ1n) is 12.9. The normalized spacial score (nSPS) is 11.8. The topological polar surface area (TPSA) is 119 Å². The van der Waals surface area contributed by atoms with E-state index in [9.17, 15) is 14.4 Å². The van der Waals surface area contributed by atoms with E-state index in [2.05, 4.69) is 20.9 Å². The predicted molar refractivity (Wildman–Crippen MR) is 167 cm³/mol. The summed E-state index contributed by atoms with van der Waals surface area (Å²) < 4.78 is 10.7. The van der Waals surface area contributed by atoms with Gasteiger partial charge in [-0.25, -0.2) is 4.98 Å². The second-order valence-electron chi connectivity index (χ2n) is 9.02. The van der Waals surface area contributed by atoms with Crippen LogP contribution < -0.4 is 25.4 Å². The Morgan fingerprint density at radius 2 is 1.69 bits per heavy atom. The maximum Gasteiger partial charge on any atom is 0.272 e. The fraction of sp³-hybridized carbons (Fsp3) is 0.161. The van der Waals surface area contributed by atoms with E-state index < -0.39 is 17.1 Å². The molecule has 0 aliphatic carbocycles. The molecular weight excluding hydrogens is 572 g/mol. The lowest BCUT2D eigenvalue weighted by molar-refractivity contribution is -0.115. The smallest absolute Gasteiger partial charge is 0.272 e. The molecule has 0 saturated carbocycles. The van der Waals surface area contributed by atoms with Gasteiger partial charge in [-0.15, -0.1) is 23.1 Å². The van der Waals surface area contributed by atoms with Gasteiger partial charge in [0.05, 0.1) is 25.2 Å². The Hall–Kier alpha value is -4.61. The third-order valence-electron chi connectivity index (χ3n) is 5.87. The number of ether oxygens (including phenoxy) is 2. The molecule has 11 heteroatoms. The highest BCUT2D eigenvalue weighted by atomic mass is 32.2. The number of hydrogen-bond donors (Lipinski definition) is 3. The van der Waals surface area contributed by atoms with Gasteiger partial charge in [-0.3, -0.25) is 14.4 Å². The summed E-state index contributed by atoms with van der Waals surface area (Å²) in [5.41, 5.74) is 2.40. The average Bonchev–Trinajstić information content (AvgIpc) is 3.41. The fourth-order valence-electron chi connectivity index (χ4n) is 3.77. The number of carbonyl (C=O) groups excluding carboxylic acids is 3. The van der Waals surface area contributed by atoms with Crippen molar-refractivity contribution in [2.45, 2.75) is 24.0 Å². The zero-order valence-electron chi connectivity index (χ0n) is 23.5.